The van der Waals surface area contributed by atoms with Gasteiger partial charge in [-0.15, -0.1) is 21.5 Å². The van der Waals surface area contributed by atoms with E-state index in [4.69, 9.17) is 0 Å². The first-order valence-electron chi connectivity index (χ1n) is 7.62. The standard InChI is InChI=1S/C17H18N4OS2/c1-3-12-6-4-7-13(10-12)18-15(22)11-24-17-20-19-16(21(17)2)14-8-5-9-23-14/h4-10H,3,11H2,1-2H3,(H,18,22). The summed E-state index contributed by atoms with van der Waals surface area (Å²) in [7, 11) is 1.92. The molecule has 0 bridgehead atoms. The number of nitrogens with one attached hydrogen (secondary N) is 1. The molecule has 24 heavy (non-hydrogen) atoms. The highest BCUT2D eigenvalue weighted by molar-refractivity contribution is 7.99. The van der Waals surface area contributed by atoms with Gasteiger partial charge in [0.05, 0.1) is 10.6 Å². The Morgan fingerprint density at radius 2 is 2.17 bits per heavy atom. The van der Waals surface area contributed by atoms with Crippen molar-refractivity contribution in [2.75, 3.05) is 11.1 Å². The van der Waals surface area contributed by atoms with Crippen LogP contribution in [0.15, 0.2) is 46.9 Å². The van der Waals surface area contributed by atoms with E-state index in [0.29, 0.717) is 5.75 Å². The van der Waals surface area contributed by atoms with Crippen molar-refractivity contribution in [3.63, 3.8) is 0 Å². The SMILES string of the molecule is CCc1cccc(NC(=O)CSc2nnc(-c3cccs3)n2C)c1. The maximum absolute atomic E-state index is 12.1. The Bertz CT molecular complexity index is 827. The molecule has 5 nitrogen and oxygen atoms in total. The van der Waals surface area contributed by atoms with Crippen molar-refractivity contribution in [2.45, 2.75) is 18.5 Å². The van der Waals surface area contributed by atoms with Crippen molar-refractivity contribution in [1.29, 1.82) is 0 Å². The van der Waals surface area contributed by atoms with Crippen molar-refractivity contribution < 1.29 is 4.79 Å². The summed E-state index contributed by atoms with van der Waals surface area (Å²) < 4.78 is 1.92. The summed E-state index contributed by atoms with van der Waals surface area (Å²) in [5, 5.41) is 14.1. The molecule has 1 N–H and O–H groups in total. The van der Waals surface area contributed by atoms with Gasteiger partial charge < -0.3 is 9.88 Å². The number of carbonyl (C=O) groups is 1. The highest BCUT2D eigenvalue weighted by atomic mass is 32.2. The number of nitrogens with zero attached hydrogens (tertiary/aromatic N) is 3. The van der Waals surface area contributed by atoms with Gasteiger partial charge in [-0.25, -0.2) is 0 Å². The van der Waals surface area contributed by atoms with Crippen LogP contribution in [0.2, 0.25) is 0 Å². The summed E-state index contributed by atoms with van der Waals surface area (Å²) in [6, 6.07) is 11.9. The van der Waals surface area contributed by atoms with E-state index < -0.39 is 0 Å². The zero-order valence-corrected chi connectivity index (χ0v) is 15.2. The quantitative estimate of drug-likeness (QED) is 0.680. The molecular weight excluding hydrogens is 340 g/mol. The lowest BCUT2D eigenvalue weighted by Crippen LogP contribution is -2.14. The molecule has 3 aromatic rings. The number of rotatable bonds is 6. The molecule has 2 aromatic heterocycles. The Kier molecular flexibility index (Phi) is 5.32. The van der Waals surface area contributed by atoms with Crippen LogP contribution in [0.5, 0.6) is 0 Å². The minimum absolute atomic E-state index is 0.0473. The van der Waals surface area contributed by atoms with Crippen molar-refractivity contribution in [2.24, 2.45) is 7.05 Å². The highest BCUT2D eigenvalue weighted by Crippen LogP contribution is 2.26. The average Bonchev–Trinajstić information content (AvgIpc) is 3.23. The second-order valence-electron chi connectivity index (χ2n) is 5.23. The molecule has 0 aliphatic carbocycles. The normalized spacial score (nSPS) is 10.8. The third kappa shape index (κ3) is 3.85. The van der Waals surface area contributed by atoms with Gasteiger partial charge in [0.2, 0.25) is 5.91 Å². The molecule has 7 heteroatoms. The average molecular weight is 358 g/mol. The number of aromatic nitrogens is 3. The molecule has 2 heterocycles. The second-order valence-corrected chi connectivity index (χ2v) is 7.12. The van der Waals surface area contributed by atoms with E-state index in [0.717, 1.165) is 28.0 Å². The maximum atomic E-state index is 12.1. The minimum Gasteiger partial charge on any atom is -0.325 e. The first-order valence-corrected chi connectivity index (χ1v) is 9.48. The molecule has 0 aliphatic rings. The van der Waals surface area contributed by atoms with E-state index in [1.54, 1.807) is 11.3 Å². The van der Waals surface area contributed by atoms with Crippen molar-refractivity contribution in [3.8, 4) is 10.7 Å². The smallest absolute Gasteiger partial charge is 0.234 e. The molecule has 0 unspecified atom stereocenters. The van der Waals surface area contributed by atoms with Gasteiger partial charge in [-0.3, -0.25) is 4.79 Å². The third-order valence-electron chi connectivity index (χ3n) is 3.53. The number of thiophene rings is 1. The molecule has 124 valence electrons. The van der Waals surface area contributed by atoms with E-state index in [-0.39, 0.29) is 5.91 Å². The lowest BCUT2D eigenvalue weighted by Gasteiger charge is -2.06. The fraction of sp³-hybridized carbons (Fsp3) is 0.235. The topological polar surface area (TPSA) is 59.8 Å². The molecule has 0 atom stereocenters. The number of hydrogen-bond donors (Lipinski definition) is 1. The van der Waals surface area contributed by atoms with Crippen LogP contribution < -0.4 is 5.32 Å². The van der Waals surface area contributed by atoms with Crippen LogP contribution >= 0.6 is 23.1 Å². The van der Waals surface area contributed by atoms with E-state index in [1.807, 2.05) is 47.3 Å². The van der Waals surface area contributed by atoms with Crippen molar-refractivity contribution in [3.05, 3.63) is 47.3 Å². The van der Waals surface area contributed by atoms with Gasteiger partial charge in [-0.1, -0.05) is 36.9 Å². The van der Waals surface area contributed by atoms with E-state index in [1.165, 1.54) is 17.3 Å². The van der Waals surface area contributed by atoms with Gasteiger partial charge in [0.1, 0.15) is 0 Å². The van der Waals surface area contributed by atoms with Gasteiger partial charge in [0.15, 0.2) is 11.0 Å². The maximum Gasteiger partial charge on any atom is 0.234 e. The number of amides is 1. The summed E-state index contributed by atoms with van der Waals surface area (Å²) in [6.07, 6.45) is 0.947. The second kappa shape index (κ2) is 7.63. The highest BCUT2D eigenvalue weighted by Gasteiger charge is 2.13. The number of anilines is 1. The number of thioether (sulfide) groups is 1. The van der Waals surface area contributed by atoms with Gasteiger partial charge in [-0.05, 0) is 35.6 Å². The first kappa shape index (κ1) is 16.7. The number of hydrogen-bond acceptors (Lipinski definition) is 5. The lowest BCUT2D eigenvalue weighted by molar-refractivity contribution is -0.113. The van der Waals surface area contributed by atoms with Crippen LogP contribution in [-0.2, 0) is 18.3 Å². The lowest BCUT2D eigenvalue weighted by atomic mass is 10.1. The third-order valence-corrected chi connectivity index (χ3v) is 5.41. The Hall–Kier alpha value is -2.12. The molecule has 0 saturated carbocycles. The molecule has 0 saturated heterocycles. The van der Waals surface area contributed by atoms with Crippen LogP contribution in [0.4, 0.5) is 5.69 Å². The molecule has 0 aliphatic heterocycles. The molecule has 3 rings (SSSR count). The predicted octanol–water partition coefficient (Wildman–Crippen LogP) is 3.84. The number of aryl methyl sites for hydroxylation is 1. The summed E-state index contributed by atoms with van der Waals surface area (Å²) in [5.41, 5.74) is 2.03. The summed E-state index contributed by atoms with van der Waals surface area (Å²) >= 11 is 3.01. The summed E-state index contributed by atoms with van der Waals surface area (Å²) in [6.45, 7) is 2.09. The van der Waals surface area contributed by atoms with Crippen molar-refractivity contribution in [1.82, 2.24) is 14.8 Å². The predicted molar refractivity (Wildman–Crippen MR) is 99.5 cm³/mol. The Morgan fingerprint density at radius 3 is 2.92 bits per heavy atom. The Labute approximate surface area is 149 Å². The molecule has 0 fully saturated rings. The Morgan fingerprint density at radius 1 is 1.29 bits per heavy atom. The van der Waals surface area contributed by atoms with Crippen LogP contribution in [0.25, 0.3) is 10.7 Å². The van der Waals surface area contributed by atoms with Crippen molar-refractivity contribution >= 4 is 34.7 Å². The van der Waals surface area contributed by atoms with Crippen LogP contribution in [0.1, 0.15) is 12.5 Å². The number of carbonyl (C=O) groups excluding carboxylic acids is 1. The van der Waals surface area contributed by atoms with Gasteiger partial charge >= 0.3 is 0 Å². The molecule has 0 spiro atoms. The summed E-state index contributed by atoms with van der Waals surface area (Å²) in [5.74, 6) is 1.07. The van der Waals surface area contributed by atoms with Crippen LogP contribution in [-0.4, -0.2) is 26.4 Å². The fourth-order valence-corrected chi connectivity index (χ4v) is 3.71. The first-order chi connectivity index (χ1) is 11.7. The molecule has 1 aromatic carbocycles. The van der Waals surface area contributed by atoms with E-state index >= 15 is 0 Å². The number of benzene rings is 1. The zero-order valence-electron chi connectivity index (χ0n) is 13.5. The van der Waals surface area contributed by atoms with Crippen LogP contribution in [0.3, 0.4) is 0 Å². The molecule has 0 radical (unpaired) electrons. The van der Waals surface area contributed by atoms with Gasteiger partial charge in [-0.2, -0.15) is 0 Å². The van der Waals surface area contributed by atoms with Gasteiger partial charge in [0.25, 0.3) is 0 Å². The van der Waals surface area contributed by atoms with E-state index in [2.05, 4.69) is 28.5 Å². The minimum atomic E-state index is -0.0473. The fourth-order valence-electron chi connectivity index (χ4n) is 2.26. The largest absolute Gasteiger partial charge is 0.325 e. The Balaban J connectivity index is 1.60. The van der Waals surface area contributed by atoms with Crippen LogP contribution in [0, 0.1) is 0 Å². The molecular formula is C17H18N4OS2. The van der Waals surface area contributed by atoms with E-state index in [9.17, 15) is 4.79 Å². The van der Waals surface area contributed by atoms with Gasteiger partial charge in [0, 0.05) is 12.7 Å². The molecule has 1 amide bonds. The monoisotopic (exact) mass is 358 g/mol. The summed E-state index contributed by atoms with van der Waals surface area (Å²) in [4.78, 5) is 13.2. The zero-order chi connectivity index (χ0) is 16.9.